The molecule has 0 unspecified atom stereocenters. The van der Waals surface area contributed by atoms with Gasteiger partial charge in [0, 0.05) is 4.47 Å². The van der Waals surface area contributed by atoms with E-state index in [0.717, 1.165) is 6.07 Å². The molecule has 0 aliphatic heterocycles. The van der Waals surface area contributed by atoms with E-state index in [2.05, 4.69) is 15.9 Å². The Morgan fingerprint density at radius 2 is 2.08 bits per heavy atom. The molecule has 1 aromatic rings. The maximum Gasteiger partial charge on any atom is 0.337 e. The second-order valence-corrected chi connectivity index (χ2v) is 3.33. The Kier molecular flexibility index (Phi) is 2.59. The molecule has 0 aliphatic rings. The van der Waals surface area contributed by atoms with Crippen molar-refractivity contribution >= 4 is 33.5 Å². The van der Waals surface area contributed by atoms with Crippen molar-refractivity contribution in [2.24, 2.45) is 0 Å². The summed E-state index contributed by atoms with van der Waals surface area (Å²) in [5.41, 5.74) is -0.122. The van der Waals surface area contributed by atoms with E-state index in [9.17, 15) is 4.79 Å². The zero-order valence-electron chi connectivity index (χ0n) is 5.71. The number of hydrogen-bond acceptors (Lipinski definition) is 2. The Labute approximate surface area is 81.7 Å². The van der Waals surface area contributed by atoms with Gasteiger partial charge in [-0.3, -0.25) is 0 Å². The van der Waals surface area contributed by atoms with Gasteiger partial charge >= 0.3 is 5.97 Å². The lowest BCUT2D eigenvalue weighted by Crippen LogP contribution is -1.97. The number of rotatable bonds is 1. The van der Waals surface area contributed by atoms with Crippen molar-refractivity contribution in [1.82, 2.24) is 0 Å². The standard InChI is InChI=1S/C7H4BrClO3/c8-5-2-3(10)1-4(6(5)9)7(11)12/h1-2,10H,(H,11,12). The van der Waals surface area contributed by atoms with Gasteiger partial charge in [-0.05, 0) is 28.1 Å². The zero-order chi connectivity index (χ0) is 9.30. The smallest absolute Gasteiger partial charge is 0.337 e. The van der Waals surface area contributed by atoms with Gasteiger partial charge in [-0.2, -0.15) is 0 Å². The van der Waals surface area contributed by atoms with Crippen LogP contribution in [0.2, 0.25) is 5.02 Å². The predicted molar refractivity (Wildman–Crippen MR) is 47.8 cm³/mol. The zero-order valence-corrected chi connectivity index (χ0v) is 8.06. The van der Waals surface area contributed by atoms with E-state index in [1.807, 2.05) is 0 Å². The van der Waals surface area contributed by atoms with Gasteiger partial charge in [0.1, 0.15) is 5.75 Å². The fraction of sp³-hybridized carbons (Fsp3) is 0. The molecular formula is C7H4BrClO3. The van der Waals surface area contributed by atoms with Crippen molar-refractivity contribution in [3.8, 4) is 5.75 Å². The highest BCUT2D eigenvalue weighted by atomic mass is 79.9. The fourth-order valence-corrected chi connectivity index (χ4v) is 1.37. The molecule has 1 rings (SSSR count). The summed E-state index contributed by atoms with van der Waals surface area (Å²) in [6.45, 7) is 0. The quantitative estimate of drug-likeness (QED) is 0.806. The first-order valence-electron chi connectivity index (χ1n) is 2.93. The summed E-state index contributed by atoms with van der Waals surface area (Å²) in [4.78, 5) is 10.5. The summed E-state index contributed by atoms with van der Waals surface area (Å²) in [6.07, 6.45) is 0. The molecular weight excluding hydrogens is 247 g/mol. The van der Waals surface area contributed by atoms with Crippen LogP contribution in [0, 0.1) is 0 Å². The largest absolute Gasteiger partial charge is 0.508 e. The third-order valence-corrected chi connectivity index (χ3v) is 2.50. The van der Waals surface area contributed by atoms with Crippen molar-refractivity contribution in [2.45, 2.75) is 0 Å². The summed E-state index contributed by atoms with van der Waals surface area (Å²) in [5, 5.41) is 17.7. The van der Waals surface area contributed by atoms with E-state index < -0.39 is 5.97 Å². The average molecular weight is 251 g/mol. The number of phenolic OH excluding ortho intramolecular Hbond substituents is 1. The molecule has 0 saturated heterocycles. The van der Waals surface area contributed by atoms with E-state index >= 15 is 0 Å². The van der Waals surface area contributed by atoms with E-state index in [-0.39, 0.29) is 16.3 Å². The molecule has 0 bridgehead atoms. The third-order valence-electron chi connectivity index (χ3n) is 1.24. The normalized spacial score (nSPS) is 9.83. The molecule has 0 heterocycles. The number of halogens is 2. The molecule has 0 radical (unpaired) electrons. The Balaban J connectivity index is 3.37. The maximum absolute atomic E-state index is 10.5. The Bertz CT molecular complexity index is 338. The Morgan fingerprint density at radius 3 is 2.58 bits per heavy atom. The van der Waals surface area contributed by atoms with Crippen LogP contribution in [0.5, 0.6) is 5.75 Å². The van der Waals surface area contributed by atoms with Gasteiger partial charge in [0.15, 0.2) is 0 Å². The minimum absolute atomic E-state index is 0.0836. The van der Waals surface area contributed by atoms with Crippen molar-refractivity contribution in [1.29, 1.82) is 0 Å². The van der Waals surface area contributed by atoms with Crippen LogP contribution >= 0.6 is 27.5 Å². The van der Waals surface area contributed by atoms with E-state index in [1.54, 1.807) is 0 Å². The molecule has 0 aromatic heterocycles. The van der Waals surface area contributed by atoms with Crippen LogP contribution in [-0.2, 0) is 0 Å². The summed E-state index contributed by atoms with van der Waals surface area (Å²) < 4.78 is 0.363. The molecule has 0 saturated carbocycles. The molecule has 5 heteroatoms. The number of carboxylic acids is 1. The number of carbonyl (C=O) groups is 1. The van der Waals surface area contributed by atoms with E-state index in [1.165, 1.54) is 6.07 Å². The second kappa shape index (κ2) is 3.33. The van der Waals surface area contributed by atoms with E-state index in [4.69, 9.17) is 21.8 Å². The summed E-state index contributed by atoms with van der Waals surface area (Å²) >= 11 is 8.63. The average Bonchev–Trinajstić information content (AvgIpc) is 1.96. The molecule has 2 N–H and O–H groups in total. The predicted octanol–water partition coefficient (Wildman–Crippen LogP) is 2.51. The van der Waals surface area contributed by atoms with Crippen molar-refractivity contribution in [2.75, 3.05) is 0 Å². The number of carboxylic acid groups (broad SMARTS) is 1. The minimum Gasteiger partial charge on any atom is -0.508 e. The maximum atomic E-state index is 10.5. The highest BCUT2D eigenvalue weighted by Crippen LogP contribution is 2.30. The number of aromatic hydroxyl groups is 1. The molecule has 0 fully saturated rings. The molecule has 1 aromatic carbocycles. The van der Waals surface area contributed by atoms with Crippen molar-refractivity contribution in [3.05, 3.63) is 27.2 Å². The Hall–Kier alpha value is -0.740. The van der Waals surface area contributed by atoms with Crippen molar-refractivity contribution in [3.63, 3.8) is 0 Å². The molecule has 0 aliphatic carbocycles. The van der Waals surface area contributed by atoms with Crippen LogP contribution in [0.15, 0.2) is 16.6 Å². The van der Waals surface area contributed by atoms with E-state index in [0.29, 0.717) is 4.47 Å². The number of benzene rings is 1. The molecule has 64 valence electrons. The lowest BCUT2D eigenvalue weighted by atomic mass is 10.2. The van der Waals surface area contributed by atoms with Gasteiger partial charge in [0.05, 0.1) is 10.6 Å². The van der Waals surface area contributed by atoms with Gasteiger partial charge in [0.25, 0.3) is 0 Å². The summed E-state index contributed by atoms with van der Waals surface area (Å²) in [6, 6.07) is 2.42. The SMILES string of the molecule is O=C(O)c1cc(O)cc(Br)c1Cl. The highest BCUT2D eigenvalue weighted by molar-refractivity contribution is 9.10. The lowest BCUT2D eigenvalue weighted by molar-refractivity contribution is 0.0696. The molecule has 0 spiro atoms. The molecule has 12 heavy (non-hydrogen) atoms. The van der Waals surface area contributed by atoms with Crippen LogP contribution < -0.4 is 0 Å². The lowest BCUT2D eigenvalue weighted by Gasteiger charge is -2.01. The molecule has 3 nitrogen and oxygen atoms in total. The fourth-order valence-electron chi connectivity index (χ4n) is 0.730. The van der Waals surface area contributed by atoms with Gasteiger partial charge in [0.2, 0.25) is 0 Å². The van der Waals surface area contributed by atoms with Gasteiger partial charge in [-0.25, -0.2) is 4.79 Å². The first kappa shape index (κ1) is 9.35. The highest BCUT2D eigenvalue weighted by Gasteiger charge is 2.12. The van der Waals surface area contributed by atoms with Crippen LogP contribution in [-0.4, -0.2) is 16.2 Å². The first-order chi connectivity index (χ1) is 5.52. The van der Waals surface area contributed by atoms with Gasteiger partial charge in [-0.15, -0.1) is 0 Å². The van der Waals surface area contributed by atoms with Crippen LogP contribution in [0.4, 0.5) is 0 Å². The Morgan fingerprint density at radius 1 is 1.50 bits per heavy atom. The summed E-state index contributed by atoms with van der Waals surface area (Å²) in [7, 11) is 0. The van der Waals surface area contributed by atoms with Crippen LogP contribution in [0.3, 0.4) is 0 Å². The minimum atomic E-state index is -1.17. The van der Waals surface area contributed by atoms with Crippen molar-refractivity contribution < 1.29 is 15.0 Å². The third kappa shape index (κ3) is 1.70. The number of phenols is 1. The second-order valence-electron chi connectivity index (χ2n) is 2.09. The topological polar surface area (TPSA) is 57.5 Å². The first-order valence-corrected chi connectivity index (χ1v) is 4.10. The number of hydrogen-bond donors (Lipinski definition) is 2. The van der Waals surface area contributed by atoms with Gasteiger partial charge < -0.3 is 10.2 Å². The summed E-state index contributed by atoms with van der Waals surface area (Å²) in [5.74, 6) is -1.31. The monoisotopic (exact) mass is 250 g/mol. The number of aromatic carboxylic acids is 1. The molecule has 0 atom stereocenters. The van der Waals surface area contributed by atoms with Crippen LogP contribution in [0.25, 0.3) is 0 Å². The van der Waals surface area contributed by atoms with Crippen LogP contribution in [0.1, 0.15) is 10.4 Å². The van der Waals surface area contributed by atoms with Gasteiger partial charge in [-0.1, -0.05) is 11.6 Å². The molecule has 0 amide bonds.